The predicted molar refractivity (Wildman–Crippen MR) is 117 cm³/mol. The smallest absolute Gasteiger partial charge is 0.267 e. The van der Waals surface area contributed by atoms with Gasteiger partial charge in [-0.25, -0.2) is 20.8 Å². The van der Waals surface area contributed by atoms with Crippen molar-refractivity contribution < 1.29 is 21.6 Å². The Labute approximate surface area is 180 Å². The standard InChI is InChI=1S/C22H18N2O5S2/c25-30(26,22-15-16-24(17-22)31(27,28)21-9-5-2-6-10-21)23-18-11-13-20(14-12-18)29-19-7-3-1-4-8-19/h1-17,23H. The van der Waals surface area contributed by atoms with Crippen molar-refractivity contribution in [2.45, 2.75) is 9.79 Å². The van der Waals surface area contributed by atoms with Crippen molar-refractivity contribution in [2.24, 2.45) is 0 Å². The van der Waals surface area contributed by atoms with Gasteiger partial charge in [0.1, 0.15) is 16.4 Å². The van der Waals surface area contributed by atoms with Gasteiger partial charge in [-0.15, -0.1) is 0 Å². The largest absolute Gasteiger partial charge is 0.457 e. The van der Waals surface area contributed by atoms with Gasteiger partial charge in [-0.2, -0.15) is 0 Å². The van der Waals surface area contributed by atoms with E-state index in [1.54, 1.807) is 42.5 Å². The van der Waals surface area contributed by atoms with E-state index in [0.29, 0.717) is 17.2 Å². The molecule has 0 saturated carbocycles. The fraction of sp³-hybridized carbons (Fsp3) is 0. The van der Waals surface area contributed by atoms with Crippen LogP contribution in [0.4, 0.5) is 5.69 Å². The van der Waals surface area contributed by atoms with E-state index in [0.717, 1.165) is 10.2 Å². The summed E-state index contributed by atoms with van der Waals surface area (Å²) in [6, 6.07) is 24.6. The lowest BCUT2D eigenvalue weighted by Gasteiger charge is -2.09. The van der Waals surface area contributed by atoms with E-state index in [4.69, 9.17) is 4.74 Å². The molecule has 4 aromatic rings. The molecule has 0 fully saturated rings. The third-order valence-corrected chi connectivity index (χ3v) is 7.37. The maximum atomic E-state index is 12.7. The highest BCUT2D eigenvalue weighted by Crippen LogP contribution is 2.24. The summed E-state index contributed by atoms with van der Waals surface area (Å²) in [5.41, 5.74) is 0.319. The van der Waals surface area contributed by atoms with Crippen LogP contribution in [-0.4, -0.2) is 20.8 Å². The summed E-state index contributed by atoms with van der Waals surface area (Å²) < 4.78 is 59.7. The molecule has 0 spiro atoms. The van der Waals surface area contributed by atoms with Crippen LogP contribution in [0.25, 0.3) is 0 Å². The predicted octanol–water partition coefficient (Wildman–Crippen LogP) is 4.32. The summed E-state index contributed by atoms with van der Waals surface area (Å²) in [5.74, 6) is 1.21. The lowest BCUT2D eigenvalue weighted by Crippen LogP contribution is -2.14. The number of anilines is 1. The van der Waals surface area contributed by atoms with Gasteiger partial charge in [-0.05, 0) is 54.6 Å². The fourth-order valence-corrected chi connectivity index (χ4v) is 5.15. The number of nitrogens with one attached hydrogen (secondary N) is 1. The molecule has 3 aromatic carbocycles. The number of hydrogen-bond donors (Lipinski definition) is 1. The Balaban J connectivity index is 1.51. The molecule has 0 amide bonds. The molecule has 0 unspecified atom stereocenters. The monoisotopic (exact) mass is 454 g/mol. The highest BCUT2D eigenvalue weighted by Gasteiger charge is 2.21. The number of rotatable bonds is 7. The van der Waals surface area contributed by atoms with Crippen molar-refractivity contribution in [2.75, 3.05) is 4.72 Å². The average molecular weight is 455 g/mol. The van der Waals surface area contributed by atoms with Crippen molar-refractivity contribution >= 4 is 25.7 Å². The molecule has 1 aromatic heterocycles. The summed E-state index contributed by atoms with van der Waals surface area (Å²) in [6.07, 6.45) is 2.27. The molecule has 1 heterocycles. The average Bonchev–Trinajstić information content (AvgIpc) is 3.29. The molecule has 0 aliphatic rings. The number of aromatic nitrogens is 1. The van der Waals surface area contributed by atoms with Gasteiger partial charge >= 0.3 is 0 Å². The molecule has 0 saturated heterocycles. The summed E-state index contributed by atoms with van der Waals surface area (Å²) in [5, 5.41) is 0. The lowest BCUT2D eigenvalue weighted by atomic mass is 10.3. The highest BCUT2D eigenvalue weighted by atomic mass is 32.2. The molecule has 158 valence electrons. The van der Waals surface area contributed by atoms with E-state index in [1.807, 2.05) is 30.3 Å². The maximum absolute atomic E-state index is 12.7. The lowest BCUT2D eigenvalue weighted by molar-refractivity contribution is 0.483. The molecule has 0 radical (unpaired) electrons. The second-order valence-electron chi connectivity index (χ2n) is 6.54. The molecule has 0 aliphatic carbocycles. The Morgan fingerprint density at radius 2 is 1.23 bits per heavy atom. The second-order valence-corrected chi connectivity index (χ2v) is 10.1. The van der Waals surface area contributed by atoms with Crippen LogP contribution in [0, 0.1) is 0 Å². The highest BCUT2D eigenvalue weighted by molar-refractivity contribution is 7.93. The zero-order valence-electron chi connectivity index (χ0n) is 16.1. The molecule has 7 nitrogen and oxygen atoms in total. The first-order valence-corrected chi connectivity index (χ1v) is 12.1. The molecule has 0 atom stereocenters. The molecule has 0 bridgehead atoms. The third kappa shape index (κ3) is 4.62. The van der Waals surface area contributed by atoms with Gasteiger partial charge in [0.25, 0.3) is 20.0 Å². The number of sulfonamides is 1. The van der Waals surface area contributed by atoms with Crippen molar-refractivity contribution in [3.05, 3.63) is 103 Å². The zero-order valence-corrected chi connectivity index (χ0v) is 17.8. The van der Waals surface area contributed by atoms with Crippen LogP contribution in [0.2, 0.25) is 0 Å². The summed E-state index contributed by atoms with van der Waals surface area (Å²) in [6.45, 7) is 0. The number of para-hydroxylation sites is 1. The van der Waals surface area contributed by atoms with Crippen molar-refractivity contribution in [1.82, 2.24) is 3.97 Å². The van der Waals surface area contributed by atoms with Gasteiger partial charge in [0.05, 0.1) is 4.90 Å². The molecule has 9 heteroatoms. The SMILES string of the molecule is O=S(=O)(Nc1ccc(Oc2ccccc2)cc1)c1ccn(S(=O)(=O)c2ccccc2)c1. The van der Waals surface area contributed by atoms with Crippen molar-refractivity contribution in [3.8, 4) is 11.5 Å². The minimum atomic E-state index is -3.98. The van der Waals surface area contributed by atoms with Crippen molar-refractivity contribution in [1.29, 1.82) is 0 Å². The minimum absolute atomic E-state index is 0.0662. The van der Waals surface area contributed by atoms with Crippen LogP contribution in [0.1, 0.15) is 0 Å². The Hall–Kier alpha value is -3.56. The van der Waals surface area contributed by atoms with Gasteiger partial charge in [0.2, 0.25) is 0 Å². The van der Waals surface area contributed by atoms with Crippen molar-refractivity contribution in [3.63, 3.8) is 0 Å². The summed E-state index contributed by atoms with van der Waals surface area (Å²) >= 11 is 0. The van der Waals surface area contributed by atoms with Gasteiger partial charge in [-0.1, -0.05) is 36.4 Å². The molecule has 0 aliphatic heterocycles. The summed E-state index contributed by atoms with van der Waals surface area (Å²) in [4.78, 5) is -0.104. The zero-order chi connectivity index (χ0) is 21.9. The van der Waals surface area contributed by atoms with Crippen LogP contribution < -0.4 is 9.46 Å². The number of hydrogen-bond acceptors (Lipinski definition) is 5. The number of ether oxygens (including phenoxy) is 1. The van der Waals surface area contributed by atoms with E-state index < -0.39 is 20.0 Å². The first-order valence-electron chi connectivity index (χ1n) is 9.19. The van der Waals surface area contributed by atoms with E-state index in [9.17, 15) is 16.8 Å². The van der Waals surface area contributed by atoms with Crippen LogP contribution in [0.5, 0.6) is 11.5 Å². The minimum Gasteiger partial charge on any atom is -0.457 e. The van der Waals surface area contributed by atoms with E-state index in [2.05, 4.69) is 4.72 Å². The van der Waals surface area contributed by atoms with Crippen LogP contribution >= 0.6 is 0 Å². The summed E-state index contributed by atoms with van der Waals surface area (Å²) in [7, 11) is -7.86. The first kappa shape index (κ1) is 20.7. The van der Waals surface area contributed by atoms with Gasteiger partial charge < -0.3 is 4.74 Å². The Bertz CT molecular complexity index is 1380. The fourth-order valence-electron chi connectivity index (χ4n) is 2.81. The van der Waals surface area contributed by atoms with Gasteiger partial charge in [0, 0.05) is 18.1 Å². The van der Waals surface area contributed by atoms with E-state index >= 15 is 0 Å². The normalized spacial score (nSPS) is 11.7. The Morgan fingerprint density at radius 3 is 1.87 bits per heavy atom. The Morgan fingerprint density at radius 1 is 0.645 bits per heavy atom. The van der Waals surface area contributed by atoms with E-state index in [1.165, 1.54) is 24.4 Å². The first-order chi connectivity index (χ1) is 14.8. The van der Waals surface area contributed by atoms with Crippen LogP contribution in [0.3, 0.4) is 0 Å². The number of nitrogens with zero attached hydrogens (tertiary/aromatic N) is 1. The quantitative estimate of drug-likeness (QED) is 0.449. The van der Waals surface area contributed by atoms with Gasteiger partial charge in [-0.3, -0.25) is 4.72 Å². The number of benzene rings is 3. The second kappa shape index (κ2) is 8.29. The maximum Gasteiger partial charge on any atom is 0.267 e. The molecular formula is C22H18N2O5S2. The third-order valence-electron chi connectivity index (χ3n) is 4.35. The molecule has 1 N–H and O–H groups in total. The van der Waals surface area contributed by atoms with Crippen LogP contribution in [-0.2, 0) is 20.0 Å². The van der Waals surface area contributed by atoms with Gasteiger partial charge in [0.15, 0.2) is 0 Å². The molecule has 31 heavy (non-hydrogen) atoms. The molecular weight excluding hydrogens is 436 g/mol. The Kier molecular flexibility index (Phi) is 5.53. The topological polar surface area (TPSA) is 94.5 Å². The van der Waals surface area contributed by atoms with E-state index in [-0.39, 0.29) is 9.79 Å². The molecule has 4 rings (SSSR count). The van der Waals surface area contributed by atoms with Crippen LogP contribution in [0.15, 0.2) is 113 Å².